The molecule has 1 aliphatic rings. The molecule has 25 heavy (non-hydrogen) atoms. The van der Waals surface area contributed by atoms with Crippen molar-refractivity contribution in [1.82, 2.24) is 15.5 Å². The Morgan fingerprint density at radius 3 is 2.52 bits per heavy atom. The van der Waals surface area contributed by atoms with Crippen molar-refractivity contribution in [2.45, 2.75) is 66.3 Å². The van der Waals surface area contributed by atoms with Gasteiger partial charge in [-0.1, -0.05) is 20.8 Å². The van der Waals surface area contributed by atoms with Crippen LogP contribution >= 0.6 is 0 Å². The van der Waals surface area contributed by atoms with Crippen LogP contribution in [-0.4, -0.2) is 63.3 Å². The summed E-state index contributed by atoms with van der Waals surface area (Å²) < 4.78 is 5.17. The summed E-state index contributed by atoms with van der Waals surface area (Å²) >= 11 is 0. The number of hydrogen-bond donors (Lipinski definition) is 2. The molecule has 1 rings (SSSR count). The number of ether oxygens (including phenoxy) is 1. The summed E-state index contributed by atoms with van der Waals surface area (Å²) in [4.78, 5) is 7.36. The van der Waals surface area contributed by atoms with Crippen LogP contribution in [0.25, 0.3) is 0 Å². The third kappa shape index (κ3) is 10.7. The SMILES string of the molecule is CCNC(=NCC1CCN(CCOC)CC1)NC(C)CCC(C)(C)C. The zero-order valence-electron chi connectivity index (χ0n) is 17.5. The molecule has 0 radical (unpaired) electrons. The molecule has 5 nitrogen and oxygen atoms in total. The highest BCUT2D eigenvalue weighted by atomic mass is 16.5. The van der Waals surface area contributed by atoms with E-state index in [9.17, 15) is 0 Å². The van der Waals surface area contributed by atoms with Gasteiger partial charge in [0, 0.05) is 32.8 Å². The van der Waals surface area contributed by atoms with Crippen LogP contribution in [0.2, 0.25) is 0 Å². The predicted octanol–water partition coefficient (Wildman–Crippen LogP) is 3.11. The molecule has 0 aromatic heterocycles. The Morgan fingerprint density at radius 2 is 1.96 bits per heavy atom. The number of nitrogens with one attached hydrogen (secondary N) is 2. The van der Waals surface area contributed by atoms with Gasteiger partial charge in [-0.05, 0) is 64.0 Å². The largest absolute Gasteiger partial charge is 0.383 e. The van der Waals surface area contributed by atoms with Crippen LogP contribution in [0.4, 0.5) is 0 Å². The quantitative estimate of drug-likeness (QED) is 0.493. The Labute approximate surface area is 156 Å². The lowest BCUT2D eigenvalue weighted by atomic mass is 9.89. The van der Waals surface area contributed by atoms with Crippen LogP contribution in [0.15, 0.2) is 4.99 Å². The molecule has 0 aromatic carbocycles. The molecule has 1 fully saturated rings. The molecule has 0 aromatic rings. The van der Waals surface area contributed by atoms with Gasteiger partial charge >= 0.3 is 0 Å². The van der Waals surface area contributed by atoms with Crippen molar-refractivity contribution in [3.05, 3.63) is 0 Å². The number of likely N-dealkylation sites (tertiary alicyclic amines) is 1. The van der Waals surface area contributed by atoms with Gasteiger partial charge in [-0.15, -0.1) is 0 Å². The van der Waals surface area contributed by atoms with Gasteiger partial charge in [-0.2, -0.15) is 0 Å². The molecule has 0 aliphatic carbocycles. The lowest BCUT2D eigenvalue weighted by molar-refractivity contribution is 0.121. The Bertz CT molecular complexity index is 370. The van der Waals surface area contributed by atoms with Crippen LogP contribution in [0.5, 0.6) is 0 Å². The van der Waals surface area contributed by atoms with Gasteiger partial charge in [0.25, 0.3) is 0 Å². The maximum atomic E-state index is 5.17. The van der Waals surface area contributed by atoms with Crippen molar-refractivity contribution in [1.29, 1.82) is 0 Å². The van der Waals surface area contributed by atoms with Gasteiger partial charge in [0.05, 0.1) is 6.61 Å². The number of methoxy groups -OCH3 is 1. The van der Waals surface area contributed by atoms with Crippen LogP contribution < -0.4 is 10.6 Å². The minimum atomic E-state index is 0.391. The molecule has 148 valence electrons. The summed E-state index contributed by atoms with van der Waals surface area (Å²) in [5.41, 5.74) is 0.391. The first-order chi connectivity index (χ1) is 11.8. The Kier molecular flexibility index (Phi) is 10.4. The summed E-state index contributed by atoms with van der Waals surface area (Å²) in [5, 5.41) is 6.98. The molecule has 1 unspecified atom stereocenters. The minimum absolute atomic E-state index is 0.391. The van der Waals surface area contributed by atoms with E-state index in [4.69, 9.17) is 9.73 Å². The molecule has 0 bridgehead atoms. The molecule has 1 saturated heterocycles. The molecule has 0 amide bonds. The minimum Gasteiger partial charge on any atom is -0.383 e. The zero-order chi connectivity index (χ0) is 18.7. The average molecular weight is 355 g/mol. The van der Waals surface area contributed by atoms with Crippen molar-refractivity contribution < 1.29 is 4.74 Å². The fourth-order valence-electron chi connectivity index (χ4n) is 3.11. The second kappa shape index (κ2) is 11.7. The van der Waals surface area contributed by atoms with Crippen molar-refractivity contribution in [3.8, 4) is 0 Å². The van der Waals surface area contributed by atoms with Crippen LogP contribution in [0.3, 0.4) is 0 Å². The lowest BCUT2D eigenvalue weighted by Crippen LogP contribution is -2.43. The summed E-state index contributed by atoms with van der Waals surface area (Å²) in [5.74, 6) is 1.69. The number of piperidine rings is 1. The maximum absolute atomic E-state index is 5.17. The fraction of sp³-hybridized carbons (Fsp3) is 0.950. The van der Waals surface area contributed by atoms with E-state index in [2.05, 4.69) is 50.2 Å². The number of nitrogens with zero attached hydrogens (tertiary/aromatic N) is 2. The predicted molar refractivity (Wildman–Crippen MR) is 108 cm³/mol. The standard InChI is InChI=1S/C20H42N4O/c1-7-21-19(23-17(2)8-11-20(3,4)5)22-16-18-9-12-24(13-10-18)14-15-25-6/h17-18H,7-16H2,1-6H3,(H2,21,22,23). The van der Waals surface area contributed by atoms with E-state index in [-0.39, 0.29) is 0 Å². The second-order valence-corrected chi connectivity index (χ2v) is 8.64. The van der Waals surface area contributed by atoms with E-state index in [0.29, 0.717) is 17.4 Å². The van der Waals surface area contributed by atoms with Crippen LogP contribution in [-0.2, 0) is 4.74 Å². The van der Waals surface area contributed by atoms with Crippen molar-refractivity contribution in [3.63, 3.8) is 0 Å². The Hall–Kier alpha value is -0.810. The van der Waals surface area contributed by atoms with Gasteiger partial charge in [0.15, 0.2) is 5.96 Å². The molecule has 0 spiro atoms. The summed E-state index contributed by atoms with van der Waals surface area (Å²) in [7, 11) is 1.78. The number of rotatable bonds is 9. The van der Waals surface area contributed by atoms with Crippen molar-refractivity contribution in [2.75, 3.05) is 46.4 Å². The van der Waals surface area contributed by atoms with E-state index in [1.807, 2.05) is 0 Å². The average Bonchev–Trinajstić information content (AvgIpc) is 2.56. The van der Waals surface area contributed by atoms with Crippen molar-refractivity contribution in [2.24, 2.45) is 16.3 Å². The van der Waals surface area contributed by atoms with Gasteiger partial charge in [-0.3, -0.25) is 4.99 Å². The topological polar surface area (TPSA) is 48.9 Å². The van der Waals surface area contributed by atoms with E-state index in [0.717, 1.165) is 32.2 Å². The first-order valence-corrected chi connectivity index (χ1v) is 10.1. The number of guanidine groups is 1. The summed E-state index contributed by atoms with van der Waals surface area (Å²) in [6, 6.07) is 0.452. The van der Waals surface area contributed by atoms with E-state index >= 15 is 0 Å². The lowest BCUT2D eigenvalue weighted by Gasteiger charge is -2.31. The third-order valence-electron chi connectivity index (χ3n) is 4.88. The van der Waals surface area contributed by atoms with Gasteiger partial charge < -0.3 is 20.3 Å². The molecule has 1 heterocycles. The maximum Gasteiger partial charge on any atom is 0.191 e. The first-order valence-electron chi connectivity index (χ1n) is 10.1. The summed E-state index contributed by atoms with van der Waals surface area (Å²) in [6.45, 7) is 17.4. The highest BCUT2D eigenvalue weighted by Gasteiger charge is 2.19. The molecule has 0 saturated carbocycles. The Morgan fingerprint density at radius 1 is 1.28 bits per heavy atom. The molecular formula is C20H42N4O. The van der Waals surface area contributed by atoms with E-state index in [1.165, 1.54) is 38.8 Å². The molecule has 1 aliphatic heterocycles. The monoisotopic (exact) mass is 354 g/mol. The van der Waals surface area contributed by atoms with Crippen LogP contribution in [0.1, 0.15) is 60.3 Å². The third-order valence-corrected chi connectivity index (χ3v) is 4.88. The zero-order valence-corrected chi connectivity index (χ0v) is 17.5. The fourth-order valence-corrected chi connectivity index (χ4v) is 3.11. The molecular weight excluding hydrogens is 312 g/mol. The molecule has 5 heteroatoms. The van der Waals surface area contributed by atoms with Crippen LogP contribution in [0, 0.1) is 11.3 Å². The molecule has 2 N–H and O–H groups in total. The highest BCUT2D eigenvalue weighted by molar-refractivity contribution is 5.80. The normalized spacial score (nSPS) is 19.0. The first kappa shape index (κ1) is 22.2. The Balaban J connectivity index is 2.37. The highest BCUT2D eigenvalue weighted by Crippen LogP contribution is 2.21. The number of aliphatic imine (C=N–C) groups is 1. The van der Waals surface area contributed by atoms with Crippen molar-refractivity contribution >= 4 is 5.96 Å². The van der Waals surface area contributed by atoms with Gasteiger partial charge in [0.2, 0.25) is 0 Å². The van der Waals surface area contributed by atoms with Gasteiger partial charge in [0.1, 0.15) is 0 Å². The van der Waals surface area contributed by atoms with E-state index < -0.39 is 0 Å². The van der Waals surface area contributed by atoms with Gasteiger partial charge in [-0.25, -0.2) is 0 Å². The second-order valence-electron chi connectivity index (χ2n) is 8.64. The molecule has 1 atom stereocenters. The smallest absolute Gasteiger partial charge is 0.191 e. The summed E-state index contributed by atoms with van der Waals surface area (Å²) in [6.07, 6.45) is 4.88. The van der Waals surface area contributed by atoms with E-state index in [1.54, 1.807) is 7.11 Å². The number of hydrogen-bond acceptors (Lipinski definition) is 3.